The molecule has 0 aliphatic rings. The Kier molecular flexibility index (Phi) is 6.22. The van der Waals surface area contributed by atoms with Crippen LogP contribution in [0.25, 0.3) is 11.3 Å². The smallest absolute Gasteiger partial charge is 0.191 e. The van der Waals surface area contributed by atoms with Crippen LogP contribution in [0.2, 0.25) is 5.15 Å². The summed E-state index contributed by atoms with van der Waals surface area (Å²) in [4.78, 5) is 16.0. The van der Waals surface area contributed by atoms with Gasteiger partial charge in [0.15, 0.2) is 5.96 Å². The van der Waals surface area contributed by atoms with Gasteiger partial charge in [0.2, 0.25) is 0 Å². The summed E-state index contributed by atoms with van der Waals surface area (Å²) in [5.74, 6) is 1.58. The summed E-state index contributed by atoms with van der Waals surface area (Å²) in [6.45, 7) is 1.31. The maximum atomic E-state index is 5.79. The maximum absolute atomic E-state index is 5.79. The second-order valence-electron chi connectivity index (χ2n) is 5.70. The number of hydrogen-bond acceptors (Lipinski definition) is 3. The third-order valence-corrected chi connectivity index (χ3v) is 4.08. The van der Waals surface area contributed by atoms with Crippen molar-refractivity contribution in [3.8, 4) is 11.3 Å². The van der Waals surface area contributed by atoms with Crippen molar-refractivity contribution in [3.05, 3.63) is 71.4 Å². The van der Waals surface area contributed by atoms with Gasteiger partial charge in [-0.05, 0) is 23.6 Å². The second kappa shape index (κ2) is 9.01. The van der Waals surface area contributed by atoms with Crippen molar-refractivity contribution in [1.29, 1.82) is 0 Å². The van der Waals surface area contributed by atoms with Gasteiger partial charge in [-0.1, -0.05) is 48.0 Å². The highest BCUT2D eigenvalue weighted by molar-refractivity contribution is 6.29. The first-order valence-corrected chi connectivity index (χ1v) is 8.76. The molecule has 0 amide bonds. The molecular formula is C19H21ClN6. The Morgan fingerprint density at radius 1 is 1.08 bits per heavy atom. The summed E-state index contributed by atoms with van der Waals surface area (Å²) in [5, 5.41) is 7.04. The minimum absolute atomic E-state index is 0.507. The molecule has 26 heavy (non-hydrogen) atoms. The van der Waals surface area contributed by atoms with Crippen LogP contribution >= 0.6 is 11.6 Å². The zero-order valence-corrected chi connectivity index (χ0v) is 15.3. The van der Waals surface area contributed by atoms with Crippen molar-refractivity contribution in [3.63, 3.8) is 0 Å². The molecule has 7 heteroatoms. The van der Waals surface area contributed by atoms with E-state index in [1.165, 1.54) is 0 Å². The summed E-state index contributed by atoms with van der Waals surface area (Å²) in [7, 11) is 1.75. The van der Waals surface area contributed by atoms with Gasteiger partial charge in [0.25, 0.3) is 0 Å². The Labute approximate surface area is 157 Å². The summed E-state index contributed by atoms with van der Waals surface area (Å²) in [6.07, 6.45) is 4.47. The van der Waals surface area contributed by atoms with Crippen LogP contribution in [0.15, 0.2) is 59.9 Å². The van der Waals surface area contributed by atoms with Gasteiger partial charge < -0.3 is 15.6 Å². The highest BCUT2D eigenvalue weighted by Gasteiger charge is 2.04. The predicted molar refractivity (Wildman–Crippen MR) is 105 cm³/mol. The van der Waals surface area contributed by atoms with E-state index in [-0.39, 0.29) is 0 Å². The van der Waals surface area contributed by atoms with Gasteiger partial charge in [-0.2, -0.15) is 0 Å². The van der Waals surface area contributed by atoms with Crippen molar-refractivity contribution in [2.24, 2.45) is 4.99 Å². The van der Waals surface area contributed by atoms with Gasteiger partial charge in [0.05, 0.1) is 18.4 Å². The van der Waals surface area contributed by atoms with Gasteiger partial charge in [-0.25, -0.2) is 9.97 Å². The molecular weight excluding hydrogens is 348 g/mol. The Balaban J connectivity index is 1.47. The predicted octanol–water partition coefficient (Wildman–Crippen LogP) is 3.03. The monoisotopic (exact) mass is 368 g/mol. The summed E-state index contributed by atoms with van der Waals surface area (Å²) >= 11 is 5.79. The van der Waals surface area contributed by atoms with Crippen molar-refractivity contribution >= 4 is 17.6 Å². The number of guanidine groups is 1. The number of aromatic nitrogens is 3. The molecule has 0 radical (unpaired) electrons. The number of pyridine rings is 1. The molecule has 0 spiro atoms. The van der Waals surface area contributed by atoms with Gasteiger partial charge >= 0.3 is 0 Å². The molecule has 0 aliphatic heterocycles. The summed E-state index contributed by atoms with van der Waals surface area (Å²) in [6, 6.07) is 13.9. The molecule has 0 saturated carbocycles. The molecule has 6 nitrogen and oxygen atoms in total. The van der Waals surface area contributed by atoms with Crippen molar-refractivity contribution in [1.82, 2.24) is 25.6 Å². The van der Waals surface area contributed by atoms with Crippen LogP contribution in [0.5, 0.6) is 0 Å². The number of imidazole rings is 1. The molecule has 0 fully saturated rings. The van der Waals surface area contributed by atoms with Crippen molar-refractivity contribution in [2.45, 2.75) is 13.0 Å². The van der Waals surface area contributed by atoms with E-state index in [0.717, 1.165) is 41.6 Å². The number of benzene rings is 1. The topological polar surface area (TPSA) is 78.0 Å². The minimum atomic E-state index is 0.507. The van der Waals surface area contributed by atoms with Crippen LogP contribution in [-0.2, 0) is 13.0 Å². The van der Waals surface area contributed by atoms with Gasteiger partial charge in [0, 0.05) is 19.8 Å². The molecule has 3 rings (SSSR count). The first kappa shape index (κ1) is 17.9. The standard InChI is InChI=1S/C19H21ClN6/c1-21-19(22-10-9-14-7-8-17(20)23-11-14)25-13-18-24-12-16(26-18)15-5-3-2-4-6-15/h2-8,11-12H,9-10,13H2,1H3,(H,24,26)(H2,21,22,25). The number of aliphatic imine (C=N–C) groups is 1. The quantitative estimate of drug-likeness (QED) is 0.355. The average Bonchev–Trinajstić information content (AvgIpc) is 3.16. The first-order valence-electron chi connectivity index (χ1n) is 8.39. The maximum Gasteiger partial charge on any atom is 0.191 e. The second-order valence-corrected chi connectivity index (χ2v) is 6.09. The van der Waals surface area contributed by atoms with Gasteiger partial charge in [-0.15, -0.1) is 0 Å². The van der Waals surface area contributed by atoms with Crippen LogP contribution in [-0.4, -0.2) is 34.5 Å². The molecule has 0 bridgehead atoms. The number of hydrogen-bond donors (Lipinski definition) is 3. The highest BCUT2D eigenvalue weighted by Crippen LogP contribution is 2.15. The molecule has 0 unspecified atom stereocenters. The van der Waals surface area contributed by atoms with E-state index in [4.69, 9.17) is 11.6 Å². The lowest BCUT2D eigenvalue weighted by atomic mass is 10.2. The van der Waals surface area contributed by atoms with E-state index >= 15 is 0 Å². The molecule has 2 aromatic heterocycles. The Morgan fingerprint density at radius 2 is 1.92 bits per heavy atom. The summed E-state index contributed by atoms with van der Waals surface area (Å²) in [5.41, 5.74) is 3.24. The fourth-order valence-electron chi connectivity index (χ4n) is 2.48. The number of aromatic amines is 1. The number of H-pyrrole nitrogens is 1. The van der Waals surface area contributed by atoms with E-state index < -0.39 is 0 Å². The van der Waals surface area contributed by atoms with E-state index in [2.05, 4.69) is 42.7 Å². The number of nitrogens with zero attached hydrogens (tertiary/aromatic N) is 3. The van der Waals surface area contributed by atoms with Gasteiger partial charge in [0.1, 0.15) is 11.0 Å². The number of halogens is 1. The summed E-state index contributed by atoms with van der Waals surface area (Å²) < 4.78 is 0. The zero-order chi connectivity index (χ0) is 18.2. The van der Waals surface area contributed by atoms with Crippen molar-refractivity contribution in [2.75, 3.05) is 13.6 Å². The Morgan fingerprint density at radius 3 is 2.65 bits per heavy atom. The van der Waals surface area contributed by atoms with E-state index in [0.29, 0.717) is 11.7 Å². The fourth-order valence-corrected chi connectivity index (χ4v) is 2.60. The largest absolute Gasteiger partial charge is 0.356 e. The lowest BCUT2D eigenvalue weighted by Crippen LogP contribution is -2.38. The SMILES string of the molecule is CN=C(NCCc1ccc(Cl)nc1)NCc1ncc(-c2ccccc2)[nH]1. The molecule has 0 atom stereocenters. The first-order chi connectivity index (χ1) is 12.7. The van der Waals surface area contributed by atoms with Crippen LogP contribution < -0.4 is 10.6 Å². The fraction of sp³-hybridized carbons (Fsp3) is 0.211. The van der Waals surface area contributed by atoms with Crippen LogP contribution in [0.4, 0.5) is 0 Å². The molecule has 1 aromatic carbocycles. The van der Waals surface area contributed by atoms with E-state index in [1.54, 1.807) is 19.3 Å². The van der Waals surface area contributed by atoms with E-state index in [1.807, 2.05) is 30.5 Å². The molecule has 134 valence electrons. The highest BCUT2D eigenvalue weighted by atomic mass is 35.5. The molecule has 0 aliphatic carbocycles. The number of rotatable bonds is 6. The number of nitrogens with one attached hydrogen (secondary N) is 3. The molecule has 3 aromatic rings. The molecule has 3 N–H and O–H groups in total. The Hall–Kier alpha value is -2.86. The zero-order valence-electron chi connectivity index (χ0n) is 14.5. The van der Waals surface area contributed by atoms with Crippen molar-refractivity contribution < 1.29 is 0 Å². The lowest BCUT2D eigenvalue weighted by molar-refractivity contribution is 0.772. The third-order valence-electron chi connectivity index (χ3n) is 3.85. The molecule has 0 saturated heterocycles. The Bertz CT molecular complexity index is 842. The van der Waals surface area contributed by atoms with Crippen LogP contribution in [0.3, 0.4) is 0 Å². The van der Waals surface area contributed by atoms with Crippen LogP contribution in [0, 0.1) is 0 Å². The average molecular weight is 369 g/mol. The normalized spacial score (nSPS) is 11.4. The third kappa shape index (κ3) is 5.07. The minimum Gasteiger partial charge on any atom is -0.356 e. The van der Waals surface area contributed by atoms with Gasteiger partial charge in [-0.3, -0.25) is 4.99 Å². The van der Waals surface area contributed by atoms with E-state index in [9.17, 15) is 0 Å². The lowest BCUT2D eigenvalue weighted by Gasteiger charge is -2.11. The van der Waals surface area contributed by atoms with Crippen LogP contribution in [0.1, 0.15) is 11.4 Å². The molecule has 2 heterocycles.